The summed E-state index contributed by atoms with van der Waals surface area (Å²) < 4.78 is 10.0. The van der Waals surface area contributed by atoms with Gasteiger partial charge in [-0.1, -0.05) is 13.8 Å². The Labute approximate surface area is 90.9 Å². The molecule has 0 aliphatic rings. The standard InChI is InChI=1S/C11H20O4/c1-7(2)9(14-8(3)12)15-10(13)11(4,5)6/h7,9H,1-6H3/t9-/m1/s1. The van der Waals surface area contributed by atoms with Crippen LogP contribution in [-0.2, 0) is 19.1 Å². The molecule has 0 rings (SSSR count). The third-order valence-electron chi connectivity index (χ3n) is 1.66. The van der Waals surface area contributed by atoms with E-state index < -0.39 is 17.7 Å². The molecule has 0 heterocycles. The van der Waals surface area contributed by atoms with Gasteiger partial charge in [-0.2, -0.15) is 0 Å². The number of hydrogen-bond donors (Lipinski definition) is 0. The van der Waals surface area contributed by atoms with E-state index in [0.29, 0.717) is 0 Å². The van der Waals surface area contributed by atoms with Crippen molar-refractivity contribution in [2.45, 2.75) is 47.8 Å². The molecule has 1 atom stereocenters. The summed E-state index contributed by atoms with van der Waals surface area (Å²) in [6.07, 6.45) is -0.797. The predicted octanol–water partition coefficient (Wildman–Crippen LogP) is 2.12. The van der Waals surface area contributed by atoms with Crippen molar-refractivity contribution in [1.29, 1.82) is 0 Å². The minimum Gasteiger partial charge on any atom is -0.425 e. The molecule has 0 fully saturated rings. The summed E-state index contributed by atoms with van der Waals surface area (Å²) >= 11 is 0. The zero-order chi connectivity index (χ0) is 12.2. The fourth-order valence-corrected chi connectivity index (χ4v) is 0.742. The lowest BCUT2D eigenvalue weighted by molar-refractivity contribution is -0.200. The predicted molar refractivity (Wildman–Crippen MR) is 55.9 cm³/mol. The Morgan fingerprint density at radius 1 is 1.07 bits per heavy atom. The molecule has 0 aromatic heterocycles. The van der Waals surface area contributed by atoms with Crippen LogP contribution in [0.2, 0.25) is 0 Å². The molecule has 88 valence electrons. The van der Waals surface area contributed by atoms with E-state index >= 15 is 0 Å². The summed E-state index contributed by atoms with van der Waals surface area (Å²) in [4.78, 5) is 22.3. The molecule has 0 amide bonds. The second-order valence-electron chi connectivity index (χ2n) is 4.88. The number of rotatable bonds is 3. The van der Waals surface area contributed by atoms with E-state index in [1.165, 1.54) is 6.92 Å². The van der Waals surface area contributed by atoms with Gasteiger partial charge in [0.2, 0.25) is 6.29 Å². The Balaban J connectivity index is 4.42. The quantitative estimate of drug-likeness (QED) is 0.535. The molecule has 0 aromatic rings. The normalized spacial score (nSPS) is 13.5. The number of esters is 2. The molecule has 0 saturated carbocycles. The van der Waals surface area contributed by atoms with Crippen LogP contribution in [0.5, 0.6) is 0 Å². The molecule has 0 aromatic carbocycles. The summed E-state index contributed by atoms with van der Waals surface area (Å²) in [5.74, 6) is -0.877. The molecule has 0 spiro atoms. The monoisotopic (exact) mass is 216 g/mol. The van der Waals surface area contributed by atoms with Gasteiger partial charge in [0.25, 0.3) is 0 Å². The van der Waals surface area contributed by atoms with Crippen LogP contribution in [0, 0.1) is 11.3 Å². The highest BCUT2D eigenvalue weighted by atomic mass is 16.7. The smallest absolute Gasteiger partial charge is 0.314 e. The Hall–Kier alpha value is -1.06. The molecule has 4 heteroatoms. The molecule has 0 radical (unpaired) electrons. The second-order valence-corrected chi connectivity index (χ2v) is 4.88. The SMILES string of the molecule is CC(=O)O[C@H](OC(=O)C(C)(C)C)C(C)C. The zero-order valence-electron chi connectivity index (χ0n) is 10.3. The van der Waals surface area contributed by atoms with Crippen LogP contribution in [0.25, 0.3) is 0 Å². The molecule has 0 aliphatic heterocycles. The van der Waals surface area contributed by atoms with Crippen LogP contribution in [-0.4, -0.2) is 18.2 Å². The summed E-state index contributed by atoms with van der Waals surface area (Å²) in [5.41, 5.74) is -0.590. The van der Waals surface area contributed by atoms with Gasteiger partial charge in [-0.3, -0.25) is 9.59 Å². The average Bonchev–Trinajstić information content (AvgIpc) is 1.99. The molecule has 0 aliphatic carbocycles. The van der Waals surface area contributed by atoms with Crippen LogP contribution in [0.1, 0.15) is 41.5 Å². The third-order valence-corrected chi connectivity index (χ3v) is 1.66. The summed E-state index contributed by atoms with van der Waals surface area (Å²) in [6.45, 7) is 10.2. The molecule has 0 saturated heterocycles. The average molecular weight is 216 g/mol. The van der Waals surface area contributed by atoms with E-state index in [4.69, 9.17) is 9.47 Å². The first-order chi connectivity index (χ1) is 6.64. The first-order valence-corrected chi connectivity index (χ1v) is 5.03. The summed E-state index contributed by atoms with van der Waals surface area (Å²) in [7, 11) is 0. The maximum atomic E-state index is 11.5. The van der Waals surface area contributed by atoms with E-state index in [-0.39, 0.29) is 11.9 Å². The van der Waals surface area contributed by atoms with Crippen LogP contribution in [0.15, 0.2) is 0 Å². The van der Waals surface area contributed by atoms with E-state index in [9.17, 15) is 9.59 Å². The highest BCUT2D eigenvalue weighted by molar-refractivity contribution is 5.75. The largest absolute Gasteiger partial charge is 0.425 e. The van der Waals surface area contributed by atoms with E-state index in [1.807, 2.05) is 13.8 Å². The van der Waals surface area contributed by atoms with Crippen molar-refractivity contribution in [2.24, 2.45) is 11.3 Å². The third kappa shape index (κ3) is 5.40. The Bertz CT molecular complexity index is 237. The van der Waals surface area contributed by atoms with Crippen molar-refractivity contribution in [3.8, 4) is 0 Å². The molecule has 15 heavy (non-hydrogen) atoms. The number of hydrogen-bond acceptors (Lipinski definition) is 4. The summed E-state index contributed by atoms with van der Waals surface area (Å²) in [6, 6.07) is 0. The fourth-order valence-electron chi connectivity index (χ4n) is 0.742. The van der Waals surface area contributed by atoms with Gasteiger partial charge in [-0.15, -0.1) is 0 Å². The van der Waals surface area contributed by atoms with Gasteiger partial charge >= 0.3 is 11.9 Å². The van der Waals surface area contributed by atoms with Gasteiger partial charge in [0, 0.05) is 12.8 Å². The van der Waals surface area contributed by atoms with Gasteiger partial charge in [0.1, 0.15) is 0 Å². The van der Waals surface area contributed by atoms with Gasteiger partial charge in [0.15, 0.2) is 0 Å². The topological polar surface area (TPSA) is 52.6 Å². The van der Waals surface area contributed by atoms with Gasteiger partial charge in [-0.25, -0.2) is 0 Å². The van der Waals surface area contributed by atoms with E-state index in [2.05, 4.69) is 0 Å². The zero-order valence-corrected chi connectivity index (χ0v) is 10.3. The van der Waals surface area contributed by atoms with Crippen molar-refractivity contribution in [2.75, 3.05) is 0 Å². The van der Waals surface area contributed by atoms with Crippen LogP contribution < -0.4 is 0 Å². The maximum absolute atomic E-state index is 11.5. The molecule has 4 nitrogen and oxygen atoms in total. The number of carbonyl (C=O) groups excluding carboxylic acids is 2. The first kappa shape index (κ1) is 13.9. The van der Waals surface area contributed by atoms with Gasteiger partial charge in [-0.05, 0) is 20.8 Å². The number of carbonyl (C=O) groups is 2. The maximum Gasteiger partial charge on any atom is 0.314 e. The van der Waals surface area contributed by atoms with Crippen molar-refractivity contribution >= 4 is 11.9 Å². The highest BCUT2D eigenvalue weighted by Gasteiger charge is 2.29. The minimum absolute atomic E-state index is 0.0554. The number of ether oxygens (including phenoxy) is 2. The second kappa shape index (κ2) is 5.14. The van der Waals surface area contributed by atoms with Crippen molar-refractivity contribution in [1.82, 2.24) is 0 Å². The first-order valence-electron chi connectivity index (χ1n) is 5.03. The van der Waals surface area contributed by atoms with Crippen LogP contribution in [0.3, 0.4) is 0 Å². The lowest BCUT2D eigenvalue weighted by atomic mass is 9.97. The lowest BCUT2D eigenvalue weighted by Crippen LogP contribution is -2.33. The molecular weight excluding hydrogens is 196 g/mol. The Morgan fingerprint density at radius 2 is 1.53 bits per heavy atom. The molecule has 0 unspecified atom stereocenters. The lowest BCUT2D eigenvalue weighted by Gasteiger charge is -2.24. The van der Waals surface area contributed by atoms with Crippen molar-refractivity contribution in [3.05, 3.63) is 0 Å². The molecule has 0 bridgehead atoms. The Morgan fingerprint density at radius 3 is 1.80 bits per heavy atom. The van der Waals surface area contributed by atoms with Crippen LogP contribution >= 0.6 is 0 Å². The summed E-state index contributed by atoms with van der Waals surface area (Å²) in [5, 5.41) is 0. The molecule has 0 N–H and O–H groups in total. The van der Waals surface area contributed by atoms with Gasteiger partial charge < -0.3 is 9.47 Å². The van der Waals surface area contributed by atoms with Crippen molar-refractivity contribution in [3.63, 3.8) is 0 Å². The van der Waals surface area contributed by atoms with E-state index in [0.717, 1.165) is 0 Å². The highest BCUT2D eigenvalue weighted by Crippen LogP contribution is 2.19. The van der Waals surface area contributed by atoms with E-state index in [1.54, 1.807) is 20.8 Å². The van der Waals surface area contributed by atoms with Crippen molar-refractivity contribution < 1.29 is 19.1 Å². The van der Waals surface area contributed by atoms with Gasteiger partial charge in [0.05, 0.1) is 5.41 Å². The fraction of sp³-hybridized carbons (Fsp3) is 0.818. The minimum atomic E-state index is -0.797. The Kier molecular flexibility index (Phi) is 4.78. The van der Waals surface area contributed by atoms with Crippen LogP contribution in [0.4, 0.5) is 0 Å². The molecular formula is C11H20O4.